The third-order valence-electron chi connectivity index (χ3n) is 2.32. The van der Waals surface area contributed by atoms with Crippen LogP contribution in [0.5, 0.6) is 0 Å². The quantitative estimate of drug-likeness (QED) is 0.732. The molecule has 2 rings (SSSR count). The Hall–Kier alpha value is -0.380. The molecule has 0 aromatic carbocycles. The molecule has 0 aliphatic carbocycles. The summed E-state index contributed by atoms with van der Waals surface area (Å²) in [4.78, 5) is 0. The normalized spacial score (nSPS) is 17.8. The highest BCUT2D eigenvalue weighted by atomic mass is 32.1. The average Bonchev–Trinajstić information content (AvgIpc) is 2.33. The predicted octanol–water partition coefficient (Wildman–Crippen LogP) is 1.12. The van der Waals surface area contributed by atoms with Crippen LogP contribution in [0.2, 0.25) is 0 Å². The van der Waals surface area contributed by atoms with E-state index in [1.807, 2.05) is 0 Å². The van der Waals surface area contributed by atoms with Gasteiger partial charge in [0.1, 0.15) is 0 Å². The Balaban J connectivity index is 1.82. The Kier molecular flexibility index (Phi) is 2.44. The van der Waals surface area contributed by atoms with E-state index >= 15 is 0 Å². The van der Waals surface area contributed by atoms with Crippen LogP contribution in [0.25, 0.3) is 0 Å². The first-order chi connectivity index (χ1) is 5.86. The van der Waals surface area contributed by atoms with E-state index in [-0.39, 0.29) is 0 Å². The lowest BCUT2D eigenvalue weighted by Gasteiger charge is -2.28. The molecule has 12 heavy (non-hydrogen) atoms. The molecular formula is C9H14N2S. The fourth-order valence-electron chi connectivity index (χ4n) is 1.26. The van der Waals surface area contributed by atoms with Gasteiger partial charge in [-0.3, -0.25) is 0 Å². The van der Waals surface area contributed by atoms with Gasteiger partial charge in [0, 0.05) is 25.7 Å². The molecule has 2 nitrogen and oxygen atoms in total. The van der Waals surface area contributed by atoms with E-state index in [9.17, 15) is 0 Å². The first-order valence-corrected chi connectivity index (χ1v) is 5.26. The summed E-state index contributed by atoms with van der Waals surface area (Å²) in [6.07, 6.45) is 0. The van der Waals surface area contributed by atoms with Crippen LogP contribution in [0.3, 0.4) is 0 Å². The fraction of sp³-hybridized carbons (Fsp3) is 0.556. The molecule has 0 saturated carbocycles. The summed E-state index contributed by atoms with van der Waals surface area (Å²) in [6.45, 7) is 5.46. The number of hydrogen-bond acceptors (Lipinski definition) is 3. The Morgan fingerprint density at radius 1 is 1.58 bits per heavy atom. The highest BCUT2D eigenvalue weighted by Gasteiger charge is 2.15. The van der Waals surface area contributed by atoms with Gasteiger partial charge < -0.3 is 10.6 Å². The van der Waals surface area contributed by atoms with Crippen LogP contribution in [0, 0.1) is 6.92 Å². The molecule has 0 radical (unpaired) electrons. The van der Waals surface area contributed by atoms with Crippen molar-refractivity contribution >= 4 is 11.3 Å². The summed E-state index contributed by atoms with van der Waals surface area (Å²) < 4.78 is 0. The van der Waals surface area contributed by atoms with E-state index in [4.69, 9.17) is 0 Å². The van der Waals surface area contributed by atoms with Crippen LogP contribution in [-0.4, -0.2) is 19.1 Å². The van der Waals surface area contributed by atoms with Crippen molar-refractivity contribution in [3.8, 4) is 0 Å². The highest BCUT2D eigenvalue weighted by molar-refractivity contribution is 7.08. The summed E-state index contributed by atoms with van der Waals surface area (Å²) >= 11 is 1.79. The van der Waals surface area contributed by atoms with Gasteiger partial charge in [0.05, 0.1) is 0 Å². The van der Waals surface area contributed by atoms with E-state index in [2.05, 4.69) is 28.3 Å². The molecule has 1 aromatic heterocycles. The van der Waals surface area contributed by atoms with E-state index in [0.717, 1.165) is 19.6 Å². The number of thiophene rings is 1. The van der Waals surface area contributed by atoms with Crippen molar-refractivity contribution in [1.29, 1.82) is 0 Å². The minimum atomic E-state index is 0.698. The number of hydrogen-bond donors (Lipinski definition) is 2. The zero-order valence-corrected chi connectivity index (χ0v) is 8.08. The summed E-state index contributed by atoms with van der Waals surface area (Å²) in [7, 11) is 0. The van der Waals surface area contributed by atoms with Gasteiger partial charge in [-0.25, -0.2) is 0 Å². The van der Waals surface area contributed by atoms with Crippen LogP contribution < -0.4 is 10.6 Å². The minimum absolute atomic E-state index is 0.698. The van der Waals surface area contributed by atoms with Crippen LogP contribution in [0.1, 0.15) is 11.1 Å². The van der Waals surface area contributed by atoms with Crippen molar-refractivity contribution in [2.24, 2.45) is 0 Å². The summed E-state index contributed by atoms with van der Waals surface area (Å²) in [5.74, 6) is 0. The zero-order chi connectivity index (χ0) is 8.39. The number of nitrogens with one attached hydrogen (secondary N) is 2. The maximum absolute atomic E-state index is 3.51. The van der Waals surface area contributed by atoms with E-state index in [1.54, 1.807) is 11.3 Å². The molecule has 1 aliphatic rings. The maximum Gasteiger partial charge on any atom is 0.0320 e. The van der Waals surface area contributed by atoms with E-state index in [1.165, 1.54) is 11.1 Å². The molecule has 1 aliphatic heterocycles. The van der Waals surface area contributed by atoms with Crippen LogP contribution >= 0.6 is 11.3 Å². The Morgan fingerprint density at radius 3 is 2.92 bits per heavy atom. The van der Waals surface area contributed by atoms with Gasteiger partial charge >= 0.3 is 0 Å². The molecule has 3 heteroatoms. The molecule has 0 unspecified atom stereocenters. The lowest BCUT2D eigenvalue weighted by Crippen LogP contribution is -2.54. The van der Waals surface area contributed by atoms with Crippen molar-refractivity contribution in [3.63, 3.8) is 0 Å². The smallest absolute Gasteiger partial charge is 0.0320 e. The van der Waals surface area contributed by atoms with Crippen LogP contribution in [0.4, 0.5) is 0 Å². The van der Waals surface area contributed by atoms with Crippen molar-refractivity contribution in [1.82, 2.24) is 10.6 Å². The SMILES string of the molecule is Cc1cscc1CNC1CNC1. The van der Waals surface area contributed by atoms with E-state index in [0.29, 0.717) is 6.04 Å². The lowest BCUT2D eigenvalue weighted by atomic mass is 10.1. The topological polar surface area (TPSA) is 24.1 Å². The van der Waals surface area contributed by atoms with Gasteiger partial charge in [-0.05, 0) is 28.8 Å². The highest BCUT2D eigenvalue weighted by Crippen LogP contribution is 2.13. The van der Waals surface area contributed by atoms with Gasteiger partial charge in [0.15, 0.2) is 0 Å². The van der Waals surface area contributed by atoms with Gasteiger partial charge in [0.2, 0.25) is 0 Å². The number of aryl methyl sites for hydroxylation is 1. The molecule has 0 spiro atoms. The largest absolute Gasteiger partial charge is 0.314 e. The molecule has 0 atom stereocenters. The van der Waals surface area contributed by atoms with Gasteiger partial charge in [-0.1, -0.05) is 0 Å². The average molecular weight is 182 g/mol. The molecule has 2 heterocycles. The summed E-state index contributed by atoms with van der Waals surface area (Å²) in [5, 5.41) is 11.2. The molecule has 0 bridgehead atoms. The first kappa shape index (κ1) is 8.23. The summed E-state index contributed by atoms with van der Waals surface area (Å²) in [5.41, 5.74) is 2.87. The fourth-order valence-corrected chi connectivity index (χ4v) is 2.11. The standard InChI is InChI=1S/C9H14N2S/c1-7-5-12-6-8(7)2-11-9-3-10-4-9/h5-6,9-11H,2-4H2,1H3. The maximum atomic E-state index is 3.51. The molecule has 0 amide bonds. The zero-order valence-electron chi connectivity index (χ0n) is 7.26. The van der Waals surface area contributed by atoms with Gasteiger partial charge in [0.25, 0.3) is 0 Å². The monoisotopic (exact) mass is 182 g/mol. The second-order valence-electron chi connectivity index (χ2n) is 3.32. The lowest BCUT2D eigenvalue weighted by molar-refractivity contribution is 0.365. The van der Waals surface area contributed by atoms with Crippen molar-refractivity contribution in [2.75, 3.05) is 13.1 Å². The minimum Gasteiger partial charge on any atom is -0.314 e. The van der Waals surface area contributed by atoms with Crippen LogP contribution in [-0.2, 0) is 6.54 Å². The van der Waals surface area contributed by atoms with Gasteiger partial charge in [-0.2, -0.15) is 11.3 Å². The van der Waals surface area contributed by atoms with Crippen molar-refractivity contribution in [2.45, 2.75) is 19.5 Å². The van der Waals surface area contributed by atoms with E-state index < -0.39 is 0 Å². The first-order valence-electron chi connectivity index (χ1n) is 4.32. The number of rotatable bonds is 3. The second kappa shape index (κ2) is 3.56. The second-order valence-corrected chi connectivity index (χ2v) is 4.06. The predicted molar refractivity (Wildman–Crippen MR) is 52.6 cm³/mol. The third-order valence-corrected chi connectivity index (χ3v) is 3.23. The molecule has 1 fully saturated rings. The molecular weight excluding hydrogens is 168 g/mol. The van der Waals surface area contributed by atoms with Crippen molar-refractivity contribution < 1.29 is 0 Å². The molecule has 1 aromatic rings. The Labute approximate surface area is 77.0 Å². The Morgan fingerprint density at radius 2 is 2.42 bits per heavy atom. The Bertz CT molecular complexity index is 253. The summed E-state index contributed by atoms with van der Waals surface area (Å²) in [6, 6.07) is 0.698. The molecule has 1 saturated heterocycles. The molecule has 66 valence electrons. The molecule has 2 N–H and O–H groups in total. The van der Waals surface area contributed by atoms with Gasteiger partial charge in [-0.15, -0.1) is 0 Å². The third kappa shape index (κ3) is 1.68. The van der Waals surface area contributed by atoms with Crippen LogP contribution in [0.15, 0.2) is 10.8 Å². The van der Waals surface area contributed by atoms with Crippen molar-refractivity contribution in [3.05, 3.63) is 21.9 Å².